The predicted octanol–water partition coefficient (Wildman–Crippen LogP) is 1.89. The van der Waals surface area contributed by atoms with E-state index in [0.29, 0.717) is 0 Å². The Morgan fingerprint density at radius 2 is 2.16 bits per heavy atom. The van der Waals surface area contributed by atoms with Gasteiger partial charge >= 0.3 is 5.97 Å². The Balaban J connectivity index is 1.94. The maximum absolute atomic E-state index is 11.5. The van der Waals surface area contributed by atoms with Crippen LogP contribution in [0.2, 0.25) is 0 Å². The Kier molecular flexibility index (Phi) is 4.24. The van der Waals surface area contributed by atoms with Crippen LogP contribution in [0.1, 0.15) is 38.4 Å². The molecule has 5 nitrogen and oxygen atoms in total. The summed E-state index contributed by atoms with van der Waals surface area (Å²) in [7, 11) is 1.99. The lowest BCUT2D eigenvalue weighted by molar-refractivity contribution is -0.152. The third-order valence-electron chi connectivity index (χ3n) is 4.28. The molecule has 1 aliphatic rings. The molecule has 19 heavy (non-hydrogen) atoms. The molecule has 0 unspecified atom stereocenters. The Bertz CT molecular complexity index is 434. The van der Waals surface area contributed by atoms with Gasteiger partial charge in [0.25, 0.3) is 0 Å². The molecule has 0 atom stereocenters. The minimum absolute atomic E-state index is 0.493. The number of rotatable bonds is 5. The zero-order valence-corrected chi connectivity index (χ0v) is 11.8. The fraction of sp³-hybridized carbons (Fsp3) is 0.714. The highest BCUT2D eigenvalue weighted by Crippen LogP contribution is 2.36. The smallest absolute Gasteiger partial charge is 0.309 e. The summed E-state index contributed by atoms with van der Waals surface area (Å²) in [5.74, 6) is 0.421. The van der Waals surface area contributed by atoms with Crippen LogP contribution >= 0.6 is 0 Å². The molecule has 5 heteroatoms. The molecule has 1 saturated heterocycles. The van der Waals surface area contributed by atoms with E-state index in [1.807, 2.05) is 17.8 Å². The number of carboxylic acid groups (broad SMARTS) is 1. The second-order valence-electron chi connectivity index (χ2n) is 5.57. The number of hydrogen-bond acceptors (Lipinski definition) is 3. The van der Waals surface area contributed by atoms with Crippen molar-refractivity contribution in [3.8, 4) is 0 Å². The Morgan fingerprint density at radius 3 is 2.63 bits per heavy atom. The lowest BCUT2D eigenvalue weighted by Gasteiger charge is -2.38. The maximum atomic E-state index is 11.5. The zero-order valence-electron chi connectivity index (χ0n) is 11.8. The van der Waals surface area contributed by atoms with Gasteiger partial charge in [-0.05, 0) is 32.4 Å². The molecule has 0 bridgehead atoms. The highest BCUT2D eigenvalue weighted by Gasteiger charge is 2.40. The number of nitrogens with zero attached hydrogens (tertiary/aromatic N) is 3. The molecule has 0 radical (unpaired) electrons. The molecular formula is C14H23N3O2. The first kappa shape index (κ1) is 14.1. The topological polar surface area (TPSA) is 58.4 Å². The van der Waals surface area contributed by atoms with Gasteiger partial charge in [0.2, 0.25) is 0 Å². The number of aryl methyl sites for hydroxylation is 1. The van der Waals surface area contributed by atoms with Gasteiger partial charge in [0.05, 0.1) is 12.0 Å². The summed E-state index contributed by atoms with van der Waals surface area (Å²) in [6.07, 6.45) is 6.97. The van der Waals surface area contributed by atoms with Crippen LogP contribution in [0.15, 0.2) is 12.4 Å². The maximum Gasteiger partial charge on any atom is 0.309 e. The minimum Gasteiger partial charge on any atom is -0.481 e. The van der Waals surface area contributed by atoms with Crippen molar-refractivity contribution in [1.29, 1.82) is 0 Å². The van der Waals surface area contributed by atoms with Gasteiger partial charge in [-0.15, -0.1) is 0 Å². The van der Waals surface area contributed by atoms with Gasteiger partial charge < -0.3 is 9.67 Å². The van der Waals surface area contributed by atoms with E-state index in [-0.39, 0.29) is 0 Å². The standard InChI is InChI=1S/C14H23N3O2/c1-3-4-14(13(18)19)5-8-17(9-6-14)11-12-15-7-10-16(12)2/h7,10H,3-6,8-9,11H2,1-2H3,(H,18,19). The molecule has 2 heterocycles. The van der Waals surface area contributed by atoms with E-state index in [9.17, 15) is 9.90 Å². The molecule has 0 spiro atoms. The summed E-state index contributed by atoms with van der Waals surface area (Å²) >= 11 is 0. The Labute approximate surface area is 114 Å². The summed E-state index contributed by atoms with van der Waals surface area (Å²) in [6, 6.07) is 0. The fourth-order valence-electron chi connectivity index (χ4n) is 2.94. The average molecular weight is 265 g/mol. The van der Waals surface area contributed by atoms with Crippen LogP contribution in [-0.2, 0) is 18.4 Å². The highest BCUT2D eigenvalue weighted by atomic mass is 16.4. The normalized spacial score (nSPS) is 19.5. The minimum atomic E-state index is -0.619. The van der Waals surface area contributed by atoms with Crippen molar-refractivity contribution in [1.82, 2.24) is 14.5 Å². The van der Waals surface area contributed by atoms with Crippen LogP contribution in [-0.4, -0.2) is 38.6 Å². The van der Waals surface area contributed by atoms with E-state index < -0.39 is 11.4 Å². The van der Waals surface area contributed by atoms with Crippen molar-refractivity contribution in [3.05, 3.63) is 18.2 Å². The zero-order chi connectivity index (χ0) is 13.9. The van der Waals surface area contributed by atoms with Gasteiger partial charge in [0.1, 0.15) is 5.82 Å². The molecule has 0 aromatic carbocycles. The third-order valence-corrected chi connectivity index (χ3v) is 4.28. The van der Waals surface area contributed by atoms with E-state index >= 15 is 0 Å². The van der Waals surface area contributed by atoms with E-state index in [1.165, 1.54) is 0 Å². The third kappa shape index (κ3) is 2.97. The van der Waals surface area contributed by atoms with Gasteiger partial charge in [-0.25, -0.2) is 4.98 Å². The molecule has 1 aromatic rings. The van der Waals surface area contributed by atoms with Crippen molar-refractivity contribution in [2.75, 3.05) is 13.1 Å². The quantitative estimate of drug-likeness (QED) is 0.883. The molecule has 1 N–H and O–H groups in total. The van der Waals surface area contributed by atoms with E-state index in [0.717, 1.165) is 51.1 Å². The number of aromatic nitrogens is 2. The van der Waals surface area contributed by atoms with E-state index in [1.54, 1.807) is 6.20 Å². The second kappa shape index (κ2) is 5.74. The molecule has 106 valence electrons. The summed E-state index contributed by atoms with van der Waals surface area (Å²) < 4.78 is 2.02. The molecule has 1 fully saturated rings. The number of hydrogen-bond donors (Lipinski definition) is 1. The number of carboxylic acids is 1. The van der Waals surface area contributed by atoms with Gasteiger partial charge in [-0.2, -0.15) is 0 Å². The van der Waals surface area contributed by atoms with Gasteiger partial charge in [0.15, 0.2) is 0 Å². The van der Waals surface area contributed by atoms with Crippen molar-refractivity contribution in [2.24, 2.45) is 12.5 Å². The number of aliphatic carboxylic acids is 1. The number of piperidine rings is 1. The molecule has 0 aliphatic carbocycles. The monoisotopic (exact) mass is 265 g/mol. The number of carbonyl (C=O) groups is 1. The van der Waals surface area contributed by atoms with Crippen molar-refractivity contribution in [2.45, 2.75) is 39.2 Å². The van der Waals surface area contributed by atoms with E-state index in [2.05, 4.69) is 16.8 Å². The first-order chi connectivity index (χ1) is 9.07. The second-order valence-corrected chi connectivity index (χ2v) is 5.57. The van der Waals surface area contributed by atoms with Crippen LogP contribution in [0.25, 0.3) is 0 Å². The van der Waals surface area contributed by atoms with Gasteiger partial charge in [-0.3, -0.25) is 9.69 Å². The molecule has 0 amide bonds. The summed E-state index contributed by atoms with van der Waals surface area (Å²) in [5.41, 5.74) is -0.493. The largest absolute Gasteiger partial charge is 0.481 e. The molecule has 0 saturated carbocycles. The van der Waals surface area contributed by atoms with Crippen molar-refractivity contribution < 1.29 is 9.90 Å². The molecule has 1 aromatic heterocycles. The number of likely N-dealkylation sites (tertiary alicyclic amines) is 1. The summed E-state index contributed by atoms with van der Waals surface area (Å²) in [5, 5.41) is 9.47. The average Bonchev–Trinajstić information content (AvgIpc) is 2.78. The van der Waals surface area contributed by atoms with Crippen LogP contribution in [0.3, 0.4) is 0 Å². The Hall–Kier alpha value is -1.36. The highest BCUT2D eigenvalue weighted by molar-refractivity contribution is 5.74. The van der Waals surface area contributed by atoms with Crippen LogP contribution in [0, 0.1) is 5.41 Å². The summed E-state index contributed by atoms with van der Waals surface area (Å²) in [4.78, 5) is 18.1. The number of imidazole rings is 1. The van der Waals surface area contributed by atoms with Crippen molar-refractivity contribution >= 4 is 5.97 Å². The van der Waals surface area contributed by atoms with Gasteiger partial charge in [-0.1, -0.05) is 13.3 Å². The first-order valence-electron chi connectivity index (χ1n) is 6.99. The van der Waals surface area contributed by atoms with Gasteiger partial charge in [0, 0.05) is 19.4 Å². The Morgan fingerprint density at radius 1 is 1.47 bits per heavy atom. The van der Waals surface area contributed by atoms with E-state index in [4.69, 9.17) is 0 Å². The molecule has 2 rings (SSSR count). The molecular weight excluding hydrogens is 242 g/mol. The van der Waals surface area contributed by atoms with Crippen LogP contribution in [0.4, 0.5) is 0 Å². The van der Waals surface area contributed by atoms with Crippen molar-refractivity contribution in [3.63, 3.8) is 0 Å². The fourth-order valence-corrected chi connectivity index (χ4v) is 2.94. The molecule has 1 aliphatic heterocycles. The summed E-state index contributed by atoms with van der Waals surface area (Å²) in [6.45, 7) is 4.56. The van der Waals surface area contributed by atoms with Crippen LogP contribution < -0.4 is 0 Å². The SMILES string of the molecule is CCCC1(C(=O)O)CCN(Cc2nccn2C)CC1. The lowest BCUT2D eigenvalue weighted by atomic mass is 9.75. The first-order valence-corrected chi connectivity index (χ1v) is 6.99. The van der Waals surface area contributed by atoms with Crippen LogP contribution in [0.5, 0.6) is 0 Å². The lowest BCUT2D eigenvalue weighted by Crippen LogP contribution is -2.44. The predicted molar refractivity (Wildman–Crippen MR) is 72.7 cm³/mol.